The van der Waals surface area contributed by atoms with Crippen LogP contribution in [0, 0.1) is 0 Å². The van der Waals surface area contributed by atoms with Gasteiger partial charge in [0, 0.05) is 11.9 Å². The Hall–Kier alpha value is -1.72. The minimum atomic E-state index is -0.353. The van der Waals surface area contributed by atoms with Gasteiger partial charge in [0.25, 0.3) is 0 Å². The van der Waals surface area contributed by atoms with Crippen molar-refractivity contribution in [1.29, 1.82) is 0 Å². The molecule has 0 fully saturated rings. The number of ether oxygens (including phenoxy) is 1. The fourth-order valence-corrected chi connectivity index (χ4v) is 2.34. The third-order valence-electron chi connectivity index (χ3n) is 2.78. The predicted molar refractivity (Wildman–Crippen MR) is 74.9 cm³/mol. The van der Waals surface area contributed by atoms with Gasteiger partial charge in [-0.3, -0.25) is 10.1 Å². The second-order valence-corrected chi connectivity index (χ2v) is 4.84. The van der Waals surface area contributed by atoms with Gasteiger partial charge in [-0.1, -0.05) is 30.3 Å². The van der Waals surface area contributed by atoms with Gasteiger partial charge in [0.1, 0.15) is 6.04 Å². The molecule has 0 saturated carbocycles. The lowest BCUT2D eigenvalue weighted by atomic mass is 10.1. The van der Waals surface area contributed by atoms with Crippen LogP contribution >= 0.6 is 11.3 Å². The van der Waals surface area contributed by atoms with E-state index in [0.29, 0.717) is 13.0 Å². The molecule has 5 heteroatoms. The second kappa shape index (κ2) is 7.01. The molecule has 0 aliphatic carbocycles. The SMILES string of the molecule is COC(=O)C(Cc1ccccc1)NCc1cscn1. The Balaban J connectivity index is 1.97. The van der Waals surface area contributed by atoms with Crippen molar-refractivity contribution in [3.05, 3.63) is 52.5 Å². The maximum absolute atomic E-state index is 11.8. The van der Waals surface area contributed by atoms with E-state index in [-0.39, 0.29) is 12.0 Å². The van der Waals surface area contributed by atoms with Gasteiger partial charge >= 0.3 is 5.97 Å². The monoisotopic (exact) mass is 276 g/mol. The molecule has 0 aliphatic rings. The molecule has 1 unspecified atom stereocenters. The van der Waals surface area contributed by atoms with Crippen LogP contribution in [0.15, 0.2) is 41.2 Å². The van der Waals surface area contributed by atoms with Gasteiger partial charge in [0.05, 0.1) is 18.3 Å². The zero-order chi connectivity index (χ0) is 13.5. The van der Waals surface area contributed by atoms with Crippen molar-refractivity contribution in [3.8, 4) is 0 Å². The zero-order valence-corrected chi connectivity index (χ0v) is 11.5. The molecule has 0 saturated heterocycles. The summed E-state index contributed by atoms with van der Waals surface area (Å²) < 4.78 is 4.84. The highest BCUT2D eigenvalue weighted by molar-refractivity contribution is 7.07. The molecule has 1 atom stereocenters. The maximum atomic E-state index is 11.8. The highest BCUT2D eigenvalue weighted by Gasteiger charge is 2.19. The molecular weight excluding hydrogens is 260 g/mol. The van der Waals surface area contributed by atoms with E-state index >= 15 is 0 Å². The first-order valence-electron chi connectivity index (χ1n) is 6.02. The molecular formula is C14H16N2O2S. The molecule has 0 aliphatic heterocycles. The van der Waals surface area contributed by atoms with Crippen molar-refractivity contribution < 1.29 is 9.53 Å². The third-order valence-corrected chi connectivity index (χ3v) is 3.42. The second-order valence-electron chi connectivity index (χ2n) is 4.13. The van der Waals surface area contributed by atoms with Gasteiger partial charge < -0.3 is 4.74 Å². The van der Waals surface area contributed by atoms with Crippen LogP contribution in [0.4, 0.5) is 0 Å². The smallest absolute Gasteiger partial charge is 0.323 e. The average Bonchev–Trinajstić information content (AvgIpc) is 2.97. The van der Waals surface area contributed by atoms with E-state index in [1.807, 2.05) is 35.7 Å². The van der Waals surface area contributed by atoms with Gasteiger partial charge in [-0.25, -0.2) is 4.98 Å². The van der Waals surface area contributed by atoms with Crippen molar-refractivity contribution in [2.45, 2.75) is 19.0 Å². The van der Waals surface area contributed by atoms with Gasteiger partial charge in [-0.05, 0) is 12.0 Å². The number of nitrogens with zero attached hydrogens (tertiary/aromatic N) is 1. The largest absolute Gasteiger partial charge is 0.468 e. The molecule has 4 nitrogen and oxygen atoms in total. The molecule has 1 heterocycles. The Morgan fingerprint density at radius 3 is 2.84 bits per heavy atom. The Morgan fingerprint density at radius 1 is 1.42 bits per heavy atom. The van der Waals surface area contributed by atoms with Crippen LogP contribution in [0.2, 0.25) is 0 Å². The number of hydrogen-bond donors (Lipinski definition) is 1. The van der Waals surface area contributed by atoms with Crippen LogP contribution < -0.4 is 5.32 Å². The topological polar surface area (TPSA) is 51.2 Å². The van der Waals surface area contributed by atoms with Gasteiger partial charge in [-0.2, -0.15) is 0 Å². The number of hydrogen-bond acceptors (Lipinski definition) is 5. The van der Waals surface area contributed by atoms with E-state index in [2.05, 4.69) is 10.3 Å². The molecule has 0 amide bonds. The summed E-state index contributed by atoms with van der Waals surface area (Å²) in [4.78, 5) is 16.0. The standard InChI is InChI=1S/C14H16N2O2S/c1-18-14(17)13(7-11-5-3-2-4-6-11)15-8-12-9-19-10-16-12/h2-6,9-10,13,15H,7-8H2,1H3. The molecule has 0 spiro atoms. The van der Waals surface area contributed by atoms with Crippen molar-refractivity contribution in [2.75, 3.05) is 7.11 Å². The summed E-state index contributed by atoms with van der Waals surface area (Å²) in [6.07, 6.45) is 0.609. The summed E-state index contributed by atoms with van der Waals surface area (Å²) >= 11 is 1.54. The molecule has 100 valence electrons. The van der Waals surface area contributed by atoms with E-state index < -0.39 is 0 Å². The Bertz CT molecular complexity index is 499. The van der Waals surface area contributed by atoms with E-state index in [9.17, 15) is 4.79 Å². The summed E-state index contributed by atoms with van der Waals surface area (Å²) in [7, 11) is 1.41. The van der Waals surface area contributed by atoms with Crippen LogP contribution in [0.1, 0.15) is 11.3 Å². The van der Waals surface area contributed by atoms with Crippen molar-refractivity contribution >= 4 is 17.3 Å². The number of carbonyl (C=O) groups is 1. The minimum Gasteiger partial charge on any atom is -0.468 e. The summed E-state index contributed by atoms with van der Waals surface area (Å²) in [5.41, 5.74) is 3.82. The number of methoxy groups -OCH3 is 1. The molecule has 1 N–H and O–H groups in total. The fourth-order valence-electron chi connectivity index (χ4n) is 1.78. The molecule has 2 rings (SSSR count). The van der Waals surface area contributed by atoms with Crippen LogP contribution in [-0.2, 0) is 22.5 Å². The first-order chi connectivity index (χ1) is 9.29. The first-order valence-corrected chi connectivity index (χ1v) is 6.96. The lowest BCUT2D eigenvalue weighted by Gasteiger charge is -2.15. The lowest BCUT2D eigenvalue weighted by Crippen LogP contribution is -2.39. The van der Waals surface area contributed by atoms with Crippen molar-refractivity contribution in [3.63, 3.8) is 0 Å². The van der Waals surface area contributed by atoms with Crippen LogP contribution in [-0.4, -0.2) is 24.1 Å². The van der Waals surface area contributed by atoms with Crippen LogP contribution in [0.5, 0.6) is 0 Å². The summed E-state index contributed by atoms with van der Waals surface area (Å²) in [5.74, 6) is -0.251. The number of carbonyl (C=O) groups excluding carboxylic acids is 1. The van der Waals surface area contributed by atoms with Crippen LogP contribution in [0.3, 0.4) is 0 Å². The molecule has 19 heavy (non-hydrogen) atoms. The van der Waals surface area contributed by atoms with Gasteiger partial charge in [0.15, 0.2) is 0 Å². The number of thiazole rings is 1. The van der Waals surface area contributed by atoms with E-state index in [1.165, 1.54) is 7.11 Å². The number of rotatable bonds is 6. The third kappa shape index (κ3) is 4.15. The minimum absolute atomic E-state index is 0.251. The number of nitrogens with one attached hydrogen (secondary N) is 1. The van der Waals surface area contributed by atoms with E-state index in [1.54, 1.807) is 16.8 Å². The first kappa shape index (κ1) is 13.7. The van der Waals surface area contributed by atoms with E-state index in [0.717, 1.165) is 11.3 Å². The molecule has 2 aromatic rings. The lowest BCUT2D eigenvalue weighted by molar-refractivity contribution is -0.143. The van der Waals surface area contributed by atoms with Crippen LogP contribution in [0.25, 0.3) is 0 Å². The quantitative estimate of drug-likeness (QED) is 0.820. The summed E-state index contributed by atoms with van der Waals surface area (Å²) in [6.45, 7) is 0.566. The van der Waals surface area contributed by atoms with Gasteiger partial charge in [-0.15, -0.1) is 11.3 Å². The van der Waals surface area contributed by atoms with Crippen molar-refractivity contribution in [1.82, 2.24) is 10.3 Å². The maximum Gasteiger partial charge on any atom is 0.323 e. The molecule has 0 bridgehead atoms. The normalized spacial score (nSPS) is 12.1. The highest BCUT2D eigenvalue weighted by Crippen LogP contribution is 2.06. The zero-order valence-electron chi connectivity index (χ0n) is 10.7. The fraction of sp³-hybridized carbons (Fsp3) is 0.286. The van der Waals surface area contributed by atoms with Crippen molar-refractivity contribution in [2.24, 2.45) is 0 Å². The summed E-state index contributed by atoms with van der Waals surface area (Å²) in [6, 6.07) is 9.53. The number of esters is 1. The van der Waals surface area contributed by atoms with E-state index in [4.69, 9.17) is 4.74 Å². The Kier molecular flexibility index (Phi) is 5.06. The number of aromatic nitrogens is 1. The predicted octanol–water partition coefficient (Wildman–Crippen LogP) is 2.02. The molecule has 1 aromatic carbocycles. The average molecular weight is 276 g/mol. The van der Waals surface area contributed by atoms with Gasteiger partial charge in [0.2, 0.25) is 0 Å². The Morgan fingerprint density at radius 2 is 2.21 bits per heavy atom. The molecule has 1 aromatic heterocycles. The number of benzene rings is 1. The Labute approximate surface area is 116 Å². The molecule has 0 radical (unpaired) electrons. The highest BCUT2D eigenvalue weighted by atomic mass is 32.1. The summed E-state index contributed by atoms with van der Waals surface area (Å²) in [5, 5.41) is 5.15.